The fourth-order valence-electron chi connectivity index (χ4n) is 5.79. The summed E-state index contributed by atoms with van der Waals surface area (Å²) >= 11 is 0. The van der Waals surface area contributed by atoms with Crippen molar-refractivity contribution in [1.82, 2.24) is 19.6 Å². The fourth-order valence-corrected chi connectivity index (χ4v) is 5.79. The lowest BCUT2D eigenvalue weighted by Crippen LogP contribution is -2.58. The first-order valence-corrected chi connectivity index (χ1v) is 11.0. The van der Waals surface area contributed by atoms with Crippen LogP contribution in [0.3, 0.4) is 0 Å². The number of rotatable bonds is 3. The highest BCUT2D eigenvalue weighted by molar-refractivity contribution is 5.86. The summed E-state index contributed by atoms with van der Waals surface area (Å²) in [5, 5.41) is 0. The number of amides is 4. The van der Waals surface area contributed by atoms with Crippen LogP contribution >= 0.6 is 0 Å². The number of likely N-dealkylation sites (tertiary alicyclic amines) is 3. The average Bonchev–Trinajstić information content (AvgIpc) is 3.27. The first-order chi connectivity index (χ1) is 14.4. The summed E-state index contributed by atoms with van der Waals surface area (Å²) in [5.41, 5.74) is 0.796. The van der Waals surface area contributed by atoms with E-state index in [1.165, 1.54) is 0 Å². The molecule has 0 N–H and O–H groups in total. The lowest BCUT2D eigenvalue weighted by molar-refractivity contribution is -0.137. The second-order valence-corrected chi connectivity index (χ2v) is 9.02. The molecule has 3 aliphatic rings. The zero-order chi connectivity index (χ0) is 21.5. The molecule has 1 spiro atoms. The summed E-state index contributed by atoms with van der Waals surface area (Å²) in [6.45, 7) is 5.19. The van der Waals surface area contributed by atoms with Crippen LogP contribution in [0.4, 0.5) is 4.79 Å². The van der Waals surface area contributed by atoms with Crippen molar-refractivity contribution in [2.75, 3.05) is 46.8 Å². The highest BCUT2D eigenvalue weighted by Gasteiger charge is 2.61. The van der Waals surface area contributed by atoms with Crippen molar-refractivity contribution in [2.24, 2.45) is 11.8 Å². The molecular formula is C23H32N4O3. The van der Waals surface area contributed by atoms with Gasteiger partial charge in [0.15, 0.2) is 0 Å². The molecule has 1 aromatic rings. The lowest BCUT2D eigenvalue weighted by Gasteiger charge is -2.47. The van der Waals surface area contributed by atoms with Gasteiger partial charge >= 0.3 is 6.03 Å². The Morgan fingerprint density at radius 1 is 1.07 bits per heavy atom. The average molecular weight is 413 g/mol. The summed E-state index contributed by atoms with van der Waals surface area (Å²) in [6.07, 6.45) is 2.00. The van der Waals surface area contributed by atoms with Crippen LogP contribution in [0.15, 0.2) is 30.3 Å². The van der Waals surface area contributed by atoms with E-state index in [-0.39, 0.29) is 35.2 Å². The normalized spacial score (nSPS) is 25.0. The summed E-state index contributed by atoms with van der Waals surface area (Å²) in [5.74, 6) is 0.372. The molecule has 4 rings (SSSR count). The SMILES string of the molecule is CCN1C(=O)[C@@H]2CN(C(=O)N(C)C)C[C@@H]2C12CCN(C(=O)Cc1ccccc1)CC2. The first kappa shape index (κ1) is 20.7. The minimum absolute atomic E-state index is 0.0223. The Hall–Kier alpha value is -2.57. The standard InChI is InChI=1S/C23H32N4O3/c1-4-27-21(29)18-15-26(22(30)24(2)3)16-19(18)23(27)10-12-25(13-11-23)20(28)14-17-8-6-5-7-9-17/h5-9,18-19H,4,10-16H2,1-3H3/t18-,19+/m1/s1. The number of hydrogen-bond acceptors (Lipinski definition) is 3. The summed E-state index contributed by atoms with van der Waals surface area (Å²) < 4.78 is 0. The topological polar surface area (TPSA) is 64.2 Å². The second kappa shape index (κ2) is 7.93. The van der Waals surface area contributed by atoms with Crippen molar-refractivity contribution in [3.05, 3.63) is 35.9 Å². The Labute approximate surface area is 178 Å². The van der Waals surface area contributed by atoms with Gasteiger partial charge < -0.3 is 19.6 Å². The van der Waals surface area contributed by atoms with Crippen molar-refractivity contribution in [3.8, 4) is 0 Å². The molecule has 3 saturated heterocycles. The molecule has 0 radical (unpaired) electrons. The van der Waals surface area contributed by atoms with Gasteiger partial charge in [0.05, 0.1) is 17.9 Å². The highest BCUT2D eigenvalue weighted by Crippen LogP contribution is 2.49. The smallest absolute Gasteiger partial charge is 0.319 e. The zero-order valence-corrected chi connectivity index (χ0v) is 18.2. The van der Waals surface area contributed by atoms with Crippen LogP contribution in [-0.4, -0.2) is 89.8 Å². The molecule has 0 aromatic heterocycles. The van der Waals surface area contributed by atoms with E-state index in [0.717, 1.165) is 18.4 Å². The van der Waals surface area contributed by atoms with E-state index >= 15 is 0 Å². The Kier molecular flexibility index (Phi) is 5.47. The van der Waals surface area contributed by atoms with Gasteiger partial charge in [0.2, 0.25) is 11.8 Å². The Balaban J connectivity index is 1.47. The van der Waals surface area contributed by atoms with Crippen LogP contribution in [0.1, 0.15) is 25.3 Å². The number of hydrogen-bond donors (Lipinski definition) is 0. The van der Waals surface area contributed by atoms with Crippen molar-refractivity contribution in [1.29, 1.82) is 0 Å². The molecule has 0 saturated carbocycles. The lowest BCUT2D eigenvalue weighted by atomic mass is 9.74. The third kappa shape index (κ3) is 3.34. The molecule has 1 aromatic carbocycles. The predicted molar refractivity (Wildman–Crippen MR) is 114 cm³/mol. The minimum Gasteiger partial charge on any atom is -0.342 e. The van der Waals surface area contributed by atoms with Crippen molar-refractivity contribution in [3.63, 3.8) is 0 Å². The number of carbonyl (C=O) groups is 3. The van der Waals surface area contributed by atoms with Crippen LogP contribution in [0.2, 0.25) is 0 Å². The molecule has 162 valence electrons. The summed E-state index contributed by atoms with van der Waals surface area (Å²) in [4.78, 5) is 45.9. The maximum absolute atomic E-state index is 13.2. The molecule has 3 aliphatic heterocycles. The van der Waals surface area contributed by atoms with Crippen LogP contribution in [-0.2, 0) is 16.0 Å². The quantitative estimate of drug-likeness (QED) is 0.759. The summed E-state index contributed by atoms with van der Waals surface area (Å²) in [7, 11) is 3.51. The molecule has 2 atom stereocenters. The minimum atomic E-state index is -0.235. The molecule has 7 nitrogen and oxygen atoms in total. The largest absolute Gasteiger partial charge is 0.342 e. The van der Waals surface area contributed by atoms with E-state index in [4.69, 9.17) is 0 Å². The van der Waals surface area contributed by atoms with Crippen LogP contribution < -0.4 is 0 Å². The molecule has 30 heavy (non-hydrogen) atoms. The Morgan fingerprint density at radius 3 is 2.33 bits per heavy atom. The van der Waals surface area contributed by atoms with Gasteiger partial charge in [0, 0.05) is 52.7 Å². The van der Waals surface area contributed by atoms with Crippen LogP contribution in [0, 0.1) is 11.8 Å². The second-order valence-electron chi connectivity index (χ2n) is 9.02. The van der Waals surface area contributed by atoms with Gasteiger partial charge in [0.1, 0.15) is 0 Å². The number of urea groups is 1. The van der Waals surface area contributed by atoms with Crippen molar-refractivity contribution < 1.29 is 14.4 Å². The molecule has 7 heteroatoms. The van der Waals surface area contributed by atoms with Crippen LogP contribution in [0.5, 0.6) is 0 Å². The first-order valence-electron chi connectivity index (χ1n) is 11.0. The predicted octanol–water partition coefficient (Wildman–Crippen LogP) is 1.68. The molecular weight excluding hydrogens is 380 g/mol. The molecule has 3 fully saturated rings. The number of benzene rings is 1. The van der Waals surface area contributed by atoms with Crippen molar-refractivity contribution >= 4 is 17.8 Å². The van der Waals surface area contributed by atoms with E-state index in [1.54, 1.807) is 19.0 Å². The van der Waals surface area contributed by atoms with Gasteiger partial charge in [0.25, 0.3) is 0 Å². The number of nitrogens with zero attached hydrogens (tertiary/aromatic N) is 4. The monoisotopic (exact) mass is 412 g/mol. The third-order valence-electron chi connectivity index (χ3n) is 7.28. The van der Waals surface area contributed by atoms with E-state index in [9.17, 15) is 14.4 Å². The molecule has 3 heterocycles. The summed E-state index contributed by atoms with van der Waals surface area (Å²) in [6, 6.07) is 9.81. The van der Waals surface area contributed by atoms with Crippen molar-refractivity contribution in [2.45, 2.75) is 31.7 Å². The number of carbonyl (C=O) groups excluding carboxylic acids is 3. The molecule has 0 bridgehead atoms. The van der Waals surface area contributed by atoms with Gasteiger partial charge in [-0.25, -0.2) is 4.79 Å². The zero-order valence-electron chi connectivity index (χ0n) is 18.2. The fraction of sp³-hybridized carbons (Fsp3) is 0.609. The van der Waals surface area contributed by atoms with E-state index in [2.05, 4.69) is 4.90 Å². The maximum Gasteiger partial charge on any atom is 0.319 e. The van der Waals surface area contributed by atoms with Gasteiger partial charge in [-0.1, -0.05) is 30.3 Å². The van der Waals surface area contributed by atoms with Gasteiger partial charge in [-0.2, -0.15) is 0 Å². The maximum atomic E-state index is 13.2. The van der Waals surface area contributed by atoms with Gasteiger partial charge in [-0.3, -0.25) is 9.59 Å². The Morgan fingerprint density at radius 2 is 1.73 bits per heavy atom. The number of piperidine rings is 1. The van der Waals surface area contributed by atoms with Gasteiger partial charge in [-0.15, -0.1) is 0 Å². The highest BCUT2D eigenvalue weighted by atomic mass is 16.2. The third-order valence-corrected chi connectivity index (χ3v) is 7.28. The molecule has 0 aliphatic carbocycles. The number of fused-ring (bicyclic) bond motifs is 2. The Bertz CT molecular complexity index is 817. The molecule has 0 unspecified atom stereocenters. The van der Waals surface area contributed by atoms with E-state index < -0.39 is 0 Å². The van der Waals surface area contributed by atoms with E-state index in [1.807, 2.05) is 47.1 Å². The van der Waals surface area contributed by atoms with Gasteiger partial charge in [-0.05, 0) is 25.3 Å². The van der Waals surface area contributed by atoms with E-state index in [0.29, 0.717) is 39.1 Å². The van der Waals surface area contributed by atoms with Crippen LogP contribution in [0.25, 0.3) is 0 Å². The molecule has 4 amide bonds.